The van der Waals surface area contributed by atoms with E-state index in [-0.39, 0.29) is 16.4 Å². The second-order valence-corrected chi connectivity index (χ2v) is 5.64. The van der Waals surface area contributed by atoms with Crippen LogP contribution in [0.2, 0.25) is 0 Å². The molecule has 0 N–H and O–H groups in total. The number of hydrogen-bond donors (Lipinski definition) is 0. The lowest BCUT2D eigenvalue weighted by atomic mass is 10.0. The second-order valence-electron chi connectivity index (χ2n) is 3.68. The molecule has 1 atom stereocenters. The fourth-order valence-electron chi connectivity index (χ4n) is 1.44. The highest BCUT2D eigenvalue weighted by Crippen LogP contribution is 2.23. The number of halogens is 3. The maximum absolute atomic E-state index is 13.3. The fourth-order valence-corrected chi connectivity index (χ4v) is 2.57. The van der Waals surface area contributed by atoms with Crippen LogP contribution >= 0.6 is 31.9 Å². The first kappa shape index (κ1) is 13.8. The normalized spacial score (nSPS) is 12.6. The number of rotatable bonds is 4. The molecule has 1 unspecified atom stereocenters. The van der Waals surface area contributed by atoms with Gasteiger partial charge in [-0.05, 0) is 52.5 Å². The summed E-state index contributed by atoms with van der Waals surface area (Å²) < 4.78 is 13.8. The van der Waals surface area contributed by atoms with Crippen LogP contribution in [0, 0.1) is 12.7 Å². The molecule has 88 valence electrons. The summed E-state index contributed by atoms with van der Waals surface area (Å²) in [6, 6.07) is 3.22. The predicted molar refractivity (Wildman–Crippen MR) is 70.6 cm³/mol. The molecule has 0 aromatic heterocycles. The van der Waals surface area contributed by atoms with Crippen molar-refractivity contribution >= 4 is 37.6 Å². The van der Waals surface area contributed by atoms with Gasteiger partial charge < -0.3 is 0 Å². The van der Waals surface area contributed by atoms with E-state index in [0.29, 0.717) is 17.3 Å². The third-order valence-corrected chi connectivity index (χ3v) is 3.92. The lowest BCUT2D eigenvalue weighted by molar-refractivity contribution is -0.118. The van der Waals surface area contributed by atoms with Crippen molar-refractivity contribution in [1.29, 1.82) is 0 Å². The molecule has 1 rings (SSSR count). The van der Waals surface area contributed by atoms with E-state index in [1.165, 1.54) is 6.07 Å². The molecule has 16 heavy (non-hydrogen) atoms. The van der Waals surface area contributed by atoms with E-state index in [1.54, 1.807) is 6.07 Å². The molecule has 0 aliphatic carbocycles. The molecule has 1 nitrogen and oxygen atoms in total. The fraction of sp³-hybridized carbons (Fsp3) is 0.417. The van der Waals surface area contributed by atoms with Crippen molar-refractivity contribution in [1.82, 2.24) is 0 Å². The third-order valence-electron chi connectivity index (χ3n) is 2.48. The van der Waals surface area contributed by atoms with E-state index in [2.05, 4.69) is 31.9 Å². The van der Waals surface area contributed by atoms with Crippen molar-refractivity contribution in [2.75, 3.05) is 0 Å². The molecule has 0 amide bonds. The molecule has 0 aliphatic rings. The maximum Gasteiger partial charge on any atom is 0.146 e. The molecule has 1 aromatic carbocycles. The van der Waals surface area contributed by atoms with E-state index in [4.69, 9.17) is 0 Å². The predicted octanol–water partition coefficient (Wildman–Crippen LogP) is 4.18. The van der Waals surface area contributed by atoms with Gasteiger partial charge in [-0.3, -0.25) is 4.79 Å². The van der Waals surface area contributed by atoms with Crippen molar-refractivity contribution in [2.45, 2.75) is 31.5 Å². The van der Waals surface area contributed by atoms with Crippen LogP contribution in [0.3, 0.4) is 0 Å². The largest absolute Gasteiger partial charge is 0.298 e. The molecule has 0 fully saturated rings. The minimum atomic E-state index is -0.288. The molecule has 0 saturated heterocycles. The van der Waals surface area contributed by atoms with Crippen LogP contribution in [0.4, 0.5) is 4.39 Å². The summed E-state index contributed by atoms with van der Waals surface area (Å²) in [5.41, 5.74) is 1.85. The van der Waals surface area contributed by atoms with Crippen molar-refractivity contribution in [3.8, 4) is 0 Å². The third kappa shape index (κ3) is 3.39. The number of hydrogen-bond acceptors (Lipinski definition) is 1. The van der Waals surface area contributed by atoms with Crippen molar-refractivity contribution in [3.05, 3.63) is 33.5 Å². The first-order valence-electron chi connectivity index (χ1n) is 5.07. The Balaban J connectivity index is 2.89. The Morgan fingerprint density at radius 3 is 2.69 bits per heavy atom. The van der Waals surface area contributed by atoms with Gasteiger partial charge in [-0.1, -0.05) is 22.9 Å². The number of alkyl halides is 1. The minimum Gasteiger partial charge on any atom is -0.298 e. The van der Waals surface area contributed by atoms with Crippen LogP contribution in [0.25, 0.3) is 0 Å². The van der Waals surface area contributed by atoms with Crippen molar-refractivity contribution in [2.24, 2.45) is 0 Å². The Bertz CT molecular complexity index is 404. The van der Waals surface area contributed by atoms with Gasteiger partial charge in [-0.25, -0.2) is 4.39 Å². The monoisotopic (exact) mass is 350 g/mol. The van der Waals surface area contributed by atoms with Gasteiger partial charge in [-0.2, -0.15) is 0 Å². The lowest BCUT2D eigenvalue weighted by Gasteiger charge is -2.11. The summed E-state index contributed by atoms with van der Waals surface area (Å²) in [5.74, 6) is -0.146. The van der Waals surface area contributed by atoms with Crippen LogP contribution < -0.4 is 0 Å². The summed E-state index contributed by atoms with van der Waals surface area (Å²) in [7, 11) is 0. The summed E-state index contributed by atoms with van der Waals surface area (Å²) in [4.78, 5) is 11.2. The van der Waals surface area contributed by atoms with E-state index in [0.717, 1.165) is 11.1 Å². The Hall–Kier alpha value is -0.220. The van der Waals surface area contributed by atoms with Gasteiger partial charge in [0, 0.05) is 6.42 Å². The standard InChI is InChI=1S/C12H13Br2FO/c1-3-12(16)10(14)5-8-6-11(15)9(13)4-7(8)2/h4,6,10H,3,5H2,1-2H3. The molecular weight excluding hydrogens is 339 g/mol. The summed E-state index contributed by atoms with van der Waals surface area (Å²) in [6.45, 7) is 3.74. The Morgan fingerprint density at radius 2 is 2.12 bits per heavy atom. The maximum atomic E-state index is 13.3. The summed E-state index contributed by atoms with van der Waals surface area (Å²) in [5, 5.41) is 0. The van der Waals surface area contributed by atoms with Crippen LogP contribution in [0.5, 0.6) is 0 Å². The molecule has 0 saturated carbocycles. The Labute approximate surface area is 112 Å². The quantitative estimate of drug-likeness (QED) is 0.743. The molecule has 0 radical (unpaired) electrons. The average Bonchev–Trinajstić information content (AvgIpc) is 2.24. The number of benzene rings is 1. The van der Waals surface area contributed by atoms with Gasteiger partial charge in [0.15, 0.2) is 0 Å². The highest BCUT2D eigenvalue weighted by molar-refractivity contribution is 9.10. The van der Waals surface area contributed by atoms with E-state index >= 15 is 0 Å². The zero-order chi connectivity index (χ0) is 12.3. The molecule has 0 bridgehead atoms. The van der Waals surface area contributed by atoms with E-state index in [9.17, 15) is 9.18 Å². The highest BCUT2D eigenvalue weighted by Gasteiger charge is 2.15. The van der Waals surface area contributed by atoms with Crippen molar-refractivity contribution < 1.29 is 9.18 Å². The van der Waals surface area contributed by atoms with E-state index in [1.807, 2.05) is 13.8 Å². The van der Waals surface area contributed by atoms with Crippen LogP contribution in [-0.4, -0.2) is 10.6 Å². The Morgan fingerprint density at radius 1 is 1.50 bits per heavy atom. The number of aryl methyl sites for hydroxylation is 1. The number of Topliss-reactive ketones (excluding diaryl/α,β-unsaturated/α-hetero) is 1. The molecule has 4 heteroatoms. The molecule has 0 spiro atoms. The highest BCUT2D eigenvalue weighted by atomic mass is 79.9. The Kier molecular flexibility index (Phi) is 5.12. The second kappa shape index (κ2) is 5.92. The average molecular weight is 352 g/mol. The lowest BCUT2D eigenvalue weighted by Crippen LogP contribution is -2.16. The molecule has 1 aromatic rings. The smallest absolute Gasteiger partial charge is 0.146 e. The number of ketones is 1. The van der Waals surface area contributed by atoms with Gasteiger partial charge >= 0.3 is 0 Å². The minimum absolute atomic E-state index is 0.141. The summed E-state index contributed by atoms with van der Waals surface area (Å²) in [6.07, 6.45) is 1.02. The zero-order valence-corrected chi connectivity index (χ0v) is 12.4. The van der Waals surface area contributed by atoms with Crippen LogP contribution in [0.15, 0.2) is 16.6 Å². The van der Waals surface area contributed by atoms with E-state index < -0.39 is 0 Å². The van der Waals surface area contributed by atoms with Crippen molar-refractivity contribution in [3.63, 3.8) is 0 Å². The topological polar surface area (TPSA) is 17.1 Å². The van der Waals surface area contributed by atoms with Gasteiger partial charge in [0.2, 0.25) is 0 Å². The summed E-state index contributed by atoms with van der Waals surface area (Å²) >= 11 is 6.47. The molecule has 0 aliphatic heterocycles. The van der Waals surface area contributed by atoms with Crippen LogP contribution in [0.1, 0.15) is 24.5 Å². The SMILES string of the molecule is CCC(=O)C(Br)Cc1cc(F)c(Br)cc1C. The number of carbonyl (C=O) groups is 1. The first-order chi connectivity index (χ1) is 7.45. The molecular formula is C12H13Br2FO. The molecule has 0 heterocycles. The van der Waals surface area contributed by atoms with Crippen LogP contribution in [-0.2, 0) is 11.2 Å². The van der Waals surface area contributed by atoms with Gasteiger partial charge in [0.05, 0.1) is 9.30 Å². The first-order valence-corrected chi connectivity index (χ1v) is 6.77. The number of carbonyl (C=O) groups excluding carboxylic acids is 1. The van der Waals surface area contributed by atoms with Gasteiger partial charge in [-0.15, -0.1) is 0 Å². The van der Waals surface area contributed by atoms with Gasteiger partial charge in [0.25, 0.3) is 0 Å². The zero-order valence-electron chi connectivity index (χ0n) is 9.19. The van der Waals surface area contributed by atoms with Gasteiger partial charge in [0.1, 0.15) is 11.6 Å².